The number of benzene rings is 1. The zero-order valence-corrected chi connectivity index (χ0v) is 20.3. The monoisotopic (exact) mass is 490 g/mol. The minimum absolute atomic E-state index is 0.662. The molecule has 7 rings (SSSR count). The van der Waals surface area contributed by atoms with Gasteiger partial charge in [0.15, 0.2) is 5.65 Å². The number of fused-ring (bicyclic) bond motifs is 2. The number of furan rings is 1. The Morgan fingerprint density at radius 1 is 0.946 bits per heavy atom. The highest BCUT2D eigenvalue weighted by Gasteiger charge is 2.15. The van der Waals surface area contributed by atoms with E-state index >= 15 is 0 Å². The lowest BCUT2D eigenvalue weighted by Crippen LogP contribution is -2.25. The number of pyridine rings is 2. The van der Waals surface area contributed by atoms with Crippen molar-refractivity contribution in [1.29, 1.82) is 0 Å². The van der Waals surface area contributed by atoms with E-state index in [1.807, 2.05) is 30.6 Å². The topological polar surface area (TPSA) is 95.9 Å². The molecule has 2 N–H and O–H groups in total. The third-order valence-corrected chi connectivity index (χ3v) is 7.10. The van der Waals surface area contributed by atoms with E-state index in [0.29, 0.717) is 12.3 Å². The zero-order chi connectivity index (χ0) is 24.6. The SMILES string of the molecule is c1cc(-c2ccoc2)c2cc(-c3[nH]nc4ncc(-c5cncc(OCCN6CCCC6)c5)cc34)[nH]c2c1. The highest BCUT2D eigenvalue weighted by atomic mass is 16.5. The molecule has 0 bridgehead atoms. The summed E-state index contributed by atoms with van der Waals surface area (Å²) in [6, 6.07) is 14.5. The van der Waals surface area contributed by atoms with Crippen LogP contribution in [0.5, 0.6) is 5.75 Å². The Hall–Kier alpha value is -4.43. The van der Waals surface area contributed by atoms with Gasteiger partial charge in [0.1, 0.15) is 12.4 Å². The Labute approximate surface area is 213 Å². The van der Waals surface area contributed by atoms with Crippen LogP contribution < -0.4 is 4.74 Å². The molecule has 1 aromatic carbocycles. The normalized spacial score (nSPS) is 14.2. The van der Waals surface area contributed by atoms with Gasteiger partial charge in [-0.05, 0) is 61.8 Å². The first kappa shape index (κ1) is 21.8. The van der Waals surface area contributed by atoms with Crippen LogP contribution in [-0.2, 0) is 0 Å². The quantitative estimate of drug-likeness (QED) is 0.289. The Kier molecular flexibility index (Phi) is 5.44. The lowest BCUT2D eigenvalue weighted by Gasteiger charge is -2.15. The minimum Gasteiger partial charge on any atom is -0.491 e. The van der Waals surface area contributed by atoms with E-state index in [4.69, 9.17) is 9.15 Å². The second-order valence-electron chi connectivity index (χ2n) is 9.46. The van der Waals surface area contributed by atoms with Crippen molar-refractivity contribution in [3.05, 3.63) is 73.6 Å². The van der Waals surface area contributed by atoms with E-state index in [-0.39, 0.29) is 0 Å². The zero-order valence-electron chi connectivity index (χ0n) is 20.3. The number of aromatic nitrogens is 5. The van der Waals surface area contributed by atoms with Crippen molar-refractivity contribution in [2.75, 3.05) is 26.2 Å². The van der Waals surface area contributed by atoms with Gasteiger partial charge < -0.3 is 14.1 Å². The van der Waals surface area contributed by atoms with Crippen LogP contribution in [0.3, 0.4) is 0 Å². The molecule has 5 aromatic heterocycles. The fourth-order valence-corrected chi connectivity index (χ4v) is 5.18. The minimum atomic E-state index is 0.662. The van der Waals surface area contributed by atoms with Crippen LogP contribution in [0.4, 0.5) is 0 Å². The van der Waals surface area contributed by atoms with E-state index < -0.39 is 0 Å². The van der Waals surface area contributed by atoms with E-state index in [1.165, 1.54) is 25.9 Å². The number of nitrogens with one attached hydrogen (secondary N) is 2. The maximum absolute atomic E-state index is 6.02. The Balaban J connectivity index is 1.20. The van der Waals surface area contributed by atoms with Crippen molar-refractivity contribution in [1.82, 2.24) is 30.0 Å². The molecule has 0 spiro atoms. The number of aromatic amines is 2. The summed E-state index contributed by atoms with van der Waals surface area (Å²) in [6.07, 6.45) is 11.5. The molecule has 1 fully saturated rings. The van der Waals surface area contributed by atoms with Gasteiger partial charge in [0.05, 0.1) is 30.1 Å². The molecule has 184 valence electrons. The molecule has 1 aliphatic heterocycles. The van der Waals surface area contributed by atoms with E-state index in [1.54, 1.807) is 18.7 Å². The molecule has 0 amide bonds. The van der Waals surface area contributed by atoms with E-state index in [2.05, 4.69) is 54.3 Å². The lowest BCUT2D eigenvalue weighted by atomic mass is 10.0. The van der Waals surface area contributed by atoms with Gasteiger partial charge in [-0.15, -0.1) is 0 Å². The van der Waals surface area contributed by atoms with Gasteiger partial charge in [-0.25, -0.2) is 4.98 Å². The molecule has 0 radical (unpaired) electrons. The second kappa shape index (κ2) is 9.22. The fraction of sp³-hybridized carbons (Fsp3) is 0.207. The van der Waals surface area contributed by atoms with Gasteiger partial charge >= 0.3 is 0 Å². The maximum atomic E-state index is 6.02. The van der Waals surface area contributed by atoms with Crippen LogP contribution in [0.25, 0.3) is 55.6 Å². The Morgan fingerprint density at radius 3 is 2.76 bits per heavy atom. The summed E-state index contributed by atoms with van der Waals surface area (Å²) in [5.41, 5.74) is 7.63. The molecule has 8 nitrogen and oxygen atoms in total. The van der Waals surface area contributed by atoms with Gasteiger partial charge in [-0.1, -0.05) is 12.1 Å². The van der Waals surface area contributed by atoms with Crippen LogP contribution >= 0.6 is 0 Å². The first-order valence-electron chi connectivity index (χ1n) is 12.6. The van der Waals surface area contributed by atoms with Gasteiger partial charge in [0.25, 0.3) is 0 Å². The van der Waals surface area contributed by atoms with E-state index in [0.717, 1.165) is 62.2 Å². The van der Waals surface area contributed by atoms with Crippen LogP contribution in [-0.4, -0.2) is 56.3 Å². The van der Waals surface area contributed by atoms with Crippen molar-refractivity contribution in [2.45, 2.75) is 12.8 Å². The molecule has 0 saturated carbocycles. The highest BCUT2D eigenvalue weighted by Crippen LogP contribution is 2.35. The first-order chi connectivity index (χ1) is 18.3. The van der Waals surface area contributed by atoms with Crippen molar-refractivity contribution in [2.24, 2.45) is 0 Å². The summed E-state index contributed by atoms with van der Waals surface area (Å²) >= 11 is 0. The number of hydrogen-bond donors (Lipinski definition) is 2. The molecule has 0 atom stereocenters. The number of nitrogens with zero attached hydrogens (tertiary/aromatic N) is 4. The number of H-pyrrole nitrogens is 2. The van der Waals surface area contributed by atoms with Crippen LogP contribution in [0.1, 0.15) is 12.8 Å². The van der Waals surface area contributed by atoms with Crippen molar-refractivity contribution < 1.29 is 9.15 Å². The number of hydrogen-bond acceptors (Lipinski definition) is 6. The van der Waals surface area contributed by atoms with Gasteiger partial charge in [0.2, 0.25) is 0 Å². The lowest BCUT2D eigenvalue weighted by molar-refractivity contribution is 0.237. The summed E-state index contributed by atoms with van der Waals surface area (Å²) in [5.74, 6) is 0.770. The number of ether oxygens (including phenoxy) is 1. The van der Waals surface area contributed by atoms with Crippen LogP contribution in [0.15, 0.2) is 78.0 Å². The van der Waals surface area contributed by atoms with Crippen LogP contribution in [0, 0.1) is 0 Å². The van der Waals surface area contributed by atoms with Gasteiger partial charge in [0, 0.05) is 51.9 Å². The summed E-state index contributed by atoms with van der Waals surface area (Å²) in [7, 11) is 0. The van der Waals surface area contributed by atoms with Gasteiger partial charge in [-0.2, -0.15) is 5.10 Å². The molecule has 1 aliphatic rings. The average Bonchev–Trinajstić information content (AvgIpc) is 3.74. The predicted molar refractivity (Wildman–Crippen MR) is 143 cm³/mol. The third kappa shape index (κ3) is 4.15. The summed E-state index contributed by atoms with van der Waals surface area (Å²) < 4.78 is 11.3. The summed E-state index contributed by atoms with van der Waals surface area (Å²) in [4.78, 5) is 15.0. The molecule has 37 heavy (non-hydrogen) atoms. The van der Waals surface area contributed by atoms with Crippen molar-refractivity contribution >= 4 is 21.9 Å². The smallest absolute Gasteiger partial charge is 0.181 e. The molecule has 0 unspecified atom stereocenters. The Bertz CT molecular complexity index is 1680. The van der Waals surface area contributed by atoms with Crippen molar-refractivity contribution in [3.63, 3.8) is 0 Å². The molecule has 0 aliphatic carbocycles. The molecule has 8 heteroatoms. The molecular weight excluding hydrogens is 464 g/mol. The number of likely N-dealkylation sites (tertiary alicyclic amines) is 1. The molecule has 6 aromatic rings. The van der Waals surface area contributed by atoms with E-state index in [9.17, 15) is 0 Å². The third-order valence-electron chi connectivity index (χ3n) is 7.10. The Morgan fingerprint density at radius 2 is 1.86 bits per heavy atom. The summed E-state index contributed by atoms with van der Waals surface area (Å²) in [6.45, 7) is 3.95. The fourth-order valence-electron chi connectivity index (χ4n) is 5.18. The van der Waals surface area contributed by atoms with Gasteiger partial charge in [-0.3, -0.25) is 15.0 Å². The molecule has 1 saturated heterocycles. The largest absolute Gasteiger partial charge is 0.491 e. The molecular formula is C29H26N6O2. The standard InChI is InChI=1S/C29H26N6O2/c1-2-8-35(7-1)9-11-37-22-12-20(15-30-17-22)21-13-25-28(33-34-29(25)31-16-21)27-14-24-23(19-6-10-36-18-19)4-3-5-26(24)32-27/h3-6,10,12-18,32H,1-2,7-9,11H2,(H,31,33,34). The van der Waals surface area contributed by atoms with Crippen LogP contribution in [0.2, 0.25) is 0 Å². The van der Waals surface area contributed by atoms with Crippen molar-refractivity contribution in [3.8, 4) is 39.4 Å². The first-order valence-corrected chi connectivity index (χ1v) is 12.6. The number of rotatable bonds is 7. The molecule has 6 heterocycles. The maximum Gasteiger partial charge on any atom is 0.181 e. The second-order valence-corrected chi connectivity index (χ2v) is 9.46. The summed E-state index contributed by atoms with van der Waals surface area (Å²) in [5, 5.41) is 9.69. The highest BCUT2D eigenvalue weighted by molar-refractivity contribution is 6.01. The average molecular weight is 491 g/mol. The predicted octanol–water partition coefficient (Wildman–Crippen LogP) is 5.90.